The third kappa shape index (κ3) is 2.53. The van der Waals surface area contributed by atoms with Gasteiger partial charge in [0.1, 0.15) is 6.20 Å². The van der Waals surface area contributed by atoms with Crippen LogP contribution in [0.2, 0.25) is 0 Å². The van der Waals surface area contributed by atoms with E-state index in [1.807, 2.05) is 12.1 Å². The average molecular weight is 380 g/mol. The fourth-order valence-electron chi connectivity index (χ4n) is 4.37. The summed E-state index contributed by atoms with van der Waals surface area (Å²) >= 11 is 7.64. The molecule has 0 amide bonds. The third-order valence-corrected chi connectivity index (χ3v) is 6.25. The lowest BCUT2D eigenvalue weighted by atomic mass is 9.47. The van der Waals surface area contributed by atoms with Gasteiger partial charge in [-0.3, -0.25) is 11.5 Å². The zero-order valence-electron chi connectivity index (χ0n) is 15.4. The molecule has 1 atom stereocenters. The van der Waals surface area contributed by atoms with Gasteiger partial charge in [0.2, 0.25) is 0 Å². The Balaban J connectivity index is 1.92. The van der Waals surface area contributed by atoms with Gasteiger partial charge in [0, 0.05) is 11.6 Å². The van der Waals surface area contributed by atoms with Gasteiger partial charge < -0.3 is 4.48 Å². The molecule has 0 spiro atoms. The number of fused-ring (bicyclic) bond motifs is 1. The summed E-state index contributed by atoms with van der Waals surface area (Å²) in [6, 6.07) is 37.8. The zero-order chi connectivity index (χ0) is 19.0. The van der Waals surface area contributed by atoms with Crippen LogP contribution in [0.25, 0.3) is 11.0 Å². The first-order chi connectivity index (χ1) is 13.8. The average Bonchev–Trinajstić information content (AvgIpc) is 3.06. The van der Waals surface area contributed by atoms with Crippen molar-refractivity contribution < 1.29 is 4.48 Å². The maximum atomic E-state index is 7.64. The van der Waals surface area contributed by atoms with Crippen molar-refractivity contribution in [2.45, 2.75) is 0 Å². The van der Waals surface area contributed by atoms with Gasteiger partial charge in [-0.15, -0.1) is 5.46 Å². The molecule has 0 unspecified atom stereocenters. The molecule has 0 saturated heterocycles. The van der Waals surface area contributed by atoms with E-state index in [2.05, 4.69) is 108 Å². The number of aromatic nitrogens is 1. The van der Waals surface area contributed by atoms with E-state index < -0.39 is 5.70 Å². The van der Waals surface area contributed by atoms with Gasteiger partial charge in [0.25, 0.3) is 0 Å². The predicted molar refractivity (Wildman–Crippen MR) is 119 cm³/mol. The number of halogens is 1. The monoisotopic (exact) mass is 379 g/mol. The van der Waals surface area contributed by atoms with E-state index in [1.54, 1.807) is 0 Å². The SMILES string of the molecule is Cl[B@-]1(c2ccccc2)C(c2ccccc2)=C(c2ccccc2)c2cccc[n+]21. The highest BCUT2D eigenvalue weighted by Crippen LogP contribution is 2.41. The lowest BCUT2D eigenvalue weighted by Crippen LogP contribution is -2.67. The summed E-state index contributed by atoms with van der Waals surface area (Å²) in [7, 11) is 0. The fourth-order valence-corrected chi connectivity index (χ4v) is 4.92. The summed E-state index contributed by atoms with van der Waals surface area (Å²) in [5.74, 6) is 0. The van der Waals surface area contributed by atoms with Crippen LogP contribution in [0.15, 0.2) is 115 Å². The summed E-state index contributed by atoms with van der Waals surface area (Å²) in [6.45, 7) is 0. The van der Waals surface area contributed by atoms with Crippen LogP contribution in [0.5, 0.6) is 0 Å². The van der Waals surface area contributed by atoms with Crippen LogP contribution in [0, 0.1) is 0 Å². The second kappa shape index (κ2) is 6.81. The van der Waals surface area contributed by atoms with Crippen molar-refractivity contribution in [1.82, 2.24) is 0 Å². The number of benzene rings is 3. The summed E-state index contributed by atoms with van der Waals surface area (Å²) in [5, 5.41) is 0. The zero-order valence-corrected chi connectivity index (χ0v) is 16.1. The maximum Gasteiger partial charge on any atom is 0.418 e. The largest absolute Gasteiger partial charge is 0.418 e. The van der Waals surface area contributed by atoms with Crippen molar-refractivity contribution in [2.24, 2.45) is 0 Å². The Kier molecular flexibility index (Phi) is 4.14. The first kappa shape index (κ1) is 17.0. The summed E-state index contributed by atoms with van der Waals surface area (Å²) in [4.78, 5) is 0. The molecular formula is C25H19BClN. The molecule has 0 radical (unpaired) electrons. The van der Waals surface area contributed by atoms with Crippen LogP contribution in [0.3, 0.4) is 0 Å². The van der Waals surface area contributed by atoms with Crippen molar-refractivity contribution in [3.63, 3.8) is 0 Å². The molecule has 0 N–H and O–H groups in total. The van der Waals surface area contributed by atoms with E-state index in [-0.39, 0.29) is 0 Å². The van der Waals surface area contributed by atoms with Crippen LogP contribution >= 0.6 is 11.5 Å². The number of rotatable bonds is 3. The van der Waals surface area contributed by atoms with Gasteiger partial charge in [-0.2, -0.15) is 0 Å². The van der Waals surface area contributed by atoms with Crippen molar-refractivity contribution >= 4 is 33.7 Å². The van der Waals surface area contributed by atoms with Crippen LogP contribution in [-0.4, -0.2) is 5.70 Å². The maximum absolute atomic E-state index is 7.64. The number of hydrogen-bond acceptors (Lipinski definition) is 0. The lowest BCUT2D eigenvalue weighted by molar-refractivity contribution is -0.537. The molecule has 4 aromatic rings. The van der Waals surface area contributed by atoms with Crippen LogP contribution in [0.1, 0.15) is 16.8 Å². The quantitative estimate of drug-likeness (QED) is 0.445. The minimum Gasteiger partial charge on any atom is -0.398 e. The summed E-state index contributed by atoms with van der Waals surface area (Å²) < 4.78 is 2.25. The molecular weight excluding hydrogens is 361 g/mol. The topological polar surface area (TPSA) is 3.88 Å². The van der Waals surface area contributed by atoms with E-state index >= 15 is 0 Å². The molecule has 5 rings (SSSR count). The molecule has 1 aromatic heterocycles. The van der Waals surface area contributed by atoms with E-state index in [9.17, 15) is 0 Å². The summed E-state index contributed by atoms with van der Waals surface area (Å²) in [6.07, 6.45) is 2.11. The lowest BCUT2D eigenvalue weighted by Gasteiger charge is -2.28. The van der Waals surface area contributed by atoms with Crippen LogP contribution in [0.4, 0.5) is 0 Å². The molecule has 0 bridgehead atoms. The Labute approximate surface area is 170 Å². The molecule has 1 aliphatic rings. The van der Waals surface area contributed by atoms with E-state index in [0.717, 1.165) is 16.7 Å². The van der Waals surface area contributed by atoms with Crippen molar-refractivity contribution in [3.05, 3.63) is 132 Å². The Bertz CT molecular complexity index is 1160. The van der Waals surface area contributed by atoms with E-state index in [0.29, 0.717) is 0 Å². The molecule has 3 aromatic carbocycles. The minimum absolute atomic E-state index is 1.12. The predicted octanol–water partition coefficient (Wildman–Crippen LogP) is 4.92. The molecule has 28 heavy (non-hydrogen) atoms. The number of pyridine rings is 1. The van der Waals surface area contributed by atoms with Crippen molar-refractivity contribution in [2.75, 3.05) is 0 Å². The van der Waals surface area contributed by atoms with Gasteiger partial charge >= 0.3 is 5.70 Å². The van der Waals surface area contributed by atoms with Gasteiger partial charge in [-0.05, 0) is 11.6 Å². The highest BCUT2D eigenvalue weighted by atomic mass is 35.5. The van der Waals surface area contributed by atoms with Crippen molar-refractivity contribution in [3.8, 4) is 0 Å². The second-order valence-electron chi connectivity index (χ2n) is 7.14. The fraction of sp³-hybridized carbons (Fsp3) is 0. The Morgan fingerprint density at radius 1 is 0.571 bits per heavy atom. The standard InChI is InChI=1S/C25H19BClN/c27-26(22-16-8-3-9-17-22)25(21-14-6-2-7-15-21)24(20-12-4-1-5-13-20)23-18-10-11-19-28(23)26/h1-19H/t26-/m0/s1. The normalized spacial score (nSPS) is 18.2. The smallest absolute Gasteiger partial charge is 0.398 e. The van der Waals surface area contributed by atoms with Gasteiger partial charge in [0.05, 0.1) is 0 Å². The molecule has 1 nitrogen and oxygen atoms in total. The molecule has 0 aliphatic carbocycles. The van der Waals surface area contributed by atoms with Gasteiger partial charge in [-0.1, -0.05) is 108 Å². The van der Waals surface area contributed by atoms with Crippen molar-refractivity contribution in [1.29, 1.82) is 0 Å². The van der Waals surface area contributed by atoms with Crippen LogP contribution in [-0.2, 0) is 0 Å². The van der Waals surface area contributed by atoms with Gasteiger partial charge in [-0.25, -0.2) is 0 Å². The molecule has 2 heterocycles. The van der Waals surface area contributed by atoms with Gasteiger partial charge in [0.15, 0.2) is 5.69 Å². The highest BCUT2D eigenvalue weighted by molar-refractivity contribution is 7.33. The number of hydrogen-bond donors (Lipinski definition) is 0. The Morgan fingerprint density at radius 3 is 1.75 bits per heavy atom. The second-order valence-corrected chi connectivity index (χ2v) is 7.77. The summed E-state index contributed by atoms with van der Waals surface area (Å²) in [5.41, 5.74) is 5.30. The van der Waals surface area contributed by atoms with Crippen LogP contribution < -0.4 is 9.94 Å². The highest BCUT2D eigenvalue weighted by Gasteiger charge is 2.49. The molecule has 1 aliphatic heterocycles. The third-order valence-electron chi connectivity index (χ3n) is 5.57. The van der Waals surface area contributed by atoms with E-state index in [1.165, 1.54) is 16.6 Å². The molecule has 0 saturated carbocycles. The Morgan fingerprint density at radius 2 is 1.11 bits per heavy atom. The minimum atomic E-state index is -1.68. The first-order valence-corrected chi connectivity index (χ1v) is 9.99. The first-order valence-electron chi connectivity index (χ1n) is 9.56. The van der Waals surface area contributed by atoms with E-state index in [4.69, 9.17) is 11.5 Å². The molecule has 0 fully saturated rings. The molecule has 134 valence electrons. The Hall–Kier alpha value is -3.10. The molecule has 3 heteroatoms. The number of nitrogens with zero attached hydrogens (tertiary/aromatic N) is 1.